The predicted octanol–water partition coefficient (Wildman–Crippen LogP) is 4.13. The molecule has 0 unspecified atom stereocenters. The number of benzene rings is 2. The molecule has 0 atom stereocenters. The number of rotatable bonds is 2. The van der Waals surface area contributed by atoms with Crippen molar-refractivity contribution in [2.24, 2.45) is 0 Å². The zero-order chi connectivity index (χ0) is 14.0. The number of carbonyl (C=O) groups excluding carboxylic acids is 1. The highest BCUT2D eigenvalue weighted by atomic mass is 127. The summed E-state index contributed by atoms with van der Waals surface area (Å²) in [5, 5.41) is 2.63. The van der Waals surface area contributed by atoms with Crippen LogP contribution in [0.5, 0.6) is 0 Å². The minimum absolute atomic E-state index is 0.234. The van der Waals surface area contributed by atoms with Gasteiger partial charge in [-0.25, -0.2) is 8.78 Å². The molecule has 0 saturated heterocycles. The molecule has 2 nitrogen and oxygen atoms in total. The van der Waals surface area contributed by atoms with Gasteiger partial charge in [0.05, 0.1) is 5.69 Å². The van der Waals surface area contributed by atoms with Gasteiger partial charge in [0, 0.05) is 9.13 Å². The highest BCUT2D eigenvalue weighted by Crippen LogP contribution is 2.20. The number of halogens is 3. The van der Waals surface area contributed by atoms with Gasteiger partial charge >= 0.3 is 0 Å². The summed E-state index contributed by atoms with van der Waals surface area (Å²) in [6.45, 7) is 1.71. The van der Waals surface area contributed by atoms with Crippen molar-refractivity contribution in [2.45, 2.75) is 6.92 Å². The normalized spacial score (nSPS) is 10.3. The lowest BCUT2D eigenvalue weighted by Gasteiger charge is -2.08. The molecule has 0 radical (unpaired) electrons. The molecule has 0 bridgehead atoms. The van der Waals surface area contributed by atoms with E-state index < -0.39 is 11.7 Å². The Morgan fingerprint density at radius 3 is 2.47 bits per heavy atom. The van der Waals surface area contributed by atoms with Crippen LogP contribution in [0.3, 0.4) is 0 Å². The first-order valence-corrected chi connectivity index (χ1v) is 6.57. The van der Waals surface area contributed by atoms with Gasteiger partial charge in [-0.15, -0.1) is 0 Å². The Morgan fingerprint density at radius 2 is 1.84 bits per heavy atom. The molecule has 0 heterocycles. The molecule has 1 amide bonds. The first-order chi connectivity index (χ1) is 8.95. The third-order valence-corrected chi connectivity index (χ3v) is 3.38. The van der Waals surface area contributed by atoms with Crippen molar-refractivity contribution < 1.29 is 13.6 Å². The molecule has 19 heavy (non-hydrogen) atoms. The van der Waals surface area contributed by atoms with Crippen LogP contribution in [0, 0.1) is 22.1 Å². The van der Waals surface area contributed by atoms with Crippen LogP contribution in [-0.4, -0.2) is 5.91 Å². The Kier molecular flexibility index (Phi) is 4.14. The van der Waals surface area contributed by atoms with Gasteiger partial charge in [0.25, 0.3) is 5.91 Å². The average molecular weight is 373 g/mol. The van der Waals surface area contributed by atoms with Gasteiger partial charge in [-0.2, -0.15) is 0 Å². The van der Waals surface area contributed by atoms with Crippen molar-refractivity contribution in [1.82, 2.24) is 0 Å². The molecule has 5 heteroatoms. The van der Waals surface area contributed by atoms with Gasteiger partial charge in [0.2, 0.25) is 0 Å². The molecule has 2 aromatic carbocycles. The highest BCUT2D eigenvalue weighted by Gasteiger charge is 2.10. The Hall–Kier alpha value is -1.50. The maximum atomic E-state index is 13.2. The third-order valence-electron chi connectivity index (χ3n) is 2.48. The summed E-state index contributed by atoms with van der Waals surface area (Å²) in [7, 11) is 0. The Morgan fingerprint density at radius 1 is 1.11 bits per heavy atom. The van der Waals surface area contributed by atoms with E-state index in [2.05, 4.69) is 5.32 Å². The van der Waals surface area contributed by atoms with Crippen LogP contribution >= 0.6 is 22.6 Å². The van der Waals surface area contributed by atoms with Gasteiger partial charge < -0.3 is 5.32 Å². The molecule has 0 saturated carbocycles. The topological polar surface area (TPSA) is 29.1 Å². The first kappa shape index (κ1) is 13.9. The molecule has 0 aliphatic carbocycles. The molecule has 2 aromatic rings. The van der Waals surface area contributed by atoms with E-state index in [-0.39, 0.29) is 11.4 Å². The molecule has 1 N–H and O–H groups in total. The zero-order valence-electron chi connectivity index (χ0n) is 10.0. The molecule has 0 aliphatic rings. The number of amides is 1. The summed E-state index contributed by atoms with van der Waals surface area (Å²) in [5.41, 5.74) is 1.39. The van der Waals surface area contributed by atoms with E-state index in [1.165, 1.54) is 30.3 Å². The van der Waals surface area contributed by atoms with E-state index in [9.17, 15) is 13.6 Å². The van der Waals surface area contributed by atoms with E-state index in [0.717, 1.165) is 0 Å². The van der Waals surface area contributed by atoms with Crippen LogP contribution in [0.15, 0.2) is 36.4 Å². The van der Waals surface area contributed by atoms with Crippen molar-refractivity contribution >= 4 is 34.2 Å². The monoisotopic (exact) mass is 373 g/mol. The predicted molar refractivity (Wildman–Crippen MR) is 78.2 cm³/mol. The standard InChI is InChI=1S/C14H10F2INO/c1-8-4-9(6-11(16)5-8)14(19)18-13-3-2-10(15)7-12(13)17/h2-7H,1H3,(H,18,19). The number of nitrogens with one attached hydrogen (secondary N) is 1. The second-order valence-electron chi connectivity index (χ2n) is 4.10. The summed E-state index contributed by atoms with van der Waals surface area (Å²) in [4.78, 5) is 12.0. The van der Waals surface area contributed by atoms with Gasteiger partial charge in [0.15, 0.2) is 0 Å². The molecular formula is C14H10F2INO. The lowest BCUT2D eigenvalue weighted by atomic mass is 10.1. The summed E-state index contributed by atoms with van der Waals surface area (Å²) in [6.07, 6.45) is 0. The number of hydrogen-bond donors (Lipinski definition) is 1. The molecule has 0 spiro atoms. The smallest absolute Gasteiger partial charge is 0.255 e. The van der Waals surface area contributed by atoms with Crippen LogP contribution in [0.25, 0.3) is 0 Å². The molecule has 0 fully saturated rings. The first-order valence-electron chi connectivity index (χ1n) is 5.49. The Balaban J connectivity index is 2.25. The van der Waals surface area contributed by atoms with Gasteiger partial charge in [0.1, 0.15) is 11.6 Å². The van der Waals surface area contributed by atoms with Crippen LogP contribution in [0.4, 0.5) is 14.5 Å². The second-order valence-corrected chi connectivity index (χ2v) is 5.26. The molecule has 0 aromatic heterocycles. The molecule has 98 valence electrons. The highest BCUT2D eigenvalue weighted by molar-refractivity contribution is 14.1. The third kappa shape index (κ3) is 3.50. The van der Waals surface area contributed by atoms with E-state index in [1.807, 2.05) is 22.6 Å². The fourth-order valence-corrected chi connectivity index (χ4v) is 2.26. The van der Waals surface area contributed by atoms with Gasteiger partial charge in [-0.1, -0.05) is 0 Å². The fourth-order valence-electron chi connectivity index (χ4n) is 1.65. The maximum Gasteiger partial charge on any atom is 0.255 e. The van der Waals surface area contributed by atoms with Crippen LogP contribution in [-0.2, 0) is 0 Å². The largest absolute Gasteiger partial charge is 0.321 e. The lowest BCUT2D eigenvalue weighted by molar-refractivity contribution is 0.102. The Bertz CT molecular complexity index is 623. The summed E-state index contributed by atoms with van der Waals surface area (Å²) < 4.78 is 26.8. The van der Waals surface area contributed by atoms with Crippen molar-refractivity contribution in [3.05, 3.63) is 62.7 Å². The lowest BCUT2D eigenvalue weighted by Crippen LogP contribution is -2.13. The van der Waals surface area contributed by atoms with E-state index >= 15 is 0 Å². The Labute approximate surface area is 123 Å². The zero-order valence-corrected chi connectivity index (χ0v) is 12.2. The van der Waals surface area contributed by atoms with Crippen LogP contribution in [0.1, 0.15) is 15.9 Å². The second kappa shape index (κ2) is 5.64. The SMILES string of the molecule is Cc1cc(F)cc(C(=O)Nc2ccc(F)cc2I)c1. The number of anilines is 1. The van der Waals surface area contributed by atoms with Crippen molar-refractivity contribution in [1.29, 1.82) is 0 Å². The quantitative estimate of drug-likeness (QED) is 0.789. The van der Waals surface area contributed by atoms with E-state index in [1.54, 1.807) is 13.0 Å². The number of carbonyl (C=O) groups is 1. The summed E-state index contributed by atoms with van der Waals surface area (Å²) in [6, 6.07) is 8.15. The summed E-state index contributed by atoms with van der Waals surface area (Å²) in [5.74, 6) is -1.25. The minimum Gasteiger partial charge on any atom is -0.321 e. The van der Waals surface area contributed by atoms with E-state index in [0.29, 0.717) is 14.8 Å². The van der Waals surface area contributed by atoms with Gasteiger partial charge in [-0.3, -0.25) is 4.79 Å². The molecular weight excluding hydrogens is 363 g/mol. The van der Waals surface area contributed by atoms with Crippen LogP contribution < -0.4 is 5.32 Å². The molecule has 2 rings (SSSR count). The molecule has 0 aliphatic heterocycles. The average Bonchev–Trinajstić information content (AvgIpc) is 2.31. The number of hydrogen-bond acceptors (Lipinski definition) is 1. The van der Waals surface area contributed by atoms with E-state index in [4.69, 9.17) is 0 Å². The van der Waals surface area contributed by atoms with Gasteiger partial charge in [-0.05, 0) is 71.5 Å². The van der Waals surface area contributed by atoms with Crippen LogP contribution in [0.2, 0.25) is 0 Å². The fraction of sp³-hybridized carbons (Fsp3) is 0.0714. The maximum absolute atomic E-state index is 13.2. The minimum atomic E-state index is -0.459. The van der Waals surface area contributed by atoms with Crippen molar-refractivity contribution in [3.8, 4) is 0 Å². The van der Waals surface area contributed by atoms with Crippen molar-refractivity contribution in [3.63, 3.8) is 0 Å². The summed E-state index contributed by atoms with van der Waals surface area (Å²) >= 11 is 1.92. The van der Waals surface area contributed by atoms with Crippen molar-refractivity contribution in [2.75, 3.05) is 5.32 Å². The number of aryl methyl sites for hydroxylation is 1.